The molecule has 0 saturated heterocycles. The van der Waals surface area contributed by atoms with Crippen LogP contribution in [-0.2, 0) is 6.42 Å². The number of aliphatic hydroxyl groups excluding tert-OH is 2. The predicted octanol–water partition coefficient (Wildman–Crippen LogP) is 2.74. The van der Waals surface area contributed by atoms with Crippen LogP contribution in [0.25, 0.3) is 0 Å². The van der Waals surface area contributed by atoms with Gasteiger partial charge in [-0.05, 0) is 36.4 Å². The molecule has 2 heterocycles. The van der Waals surface area contributed by atoms with Crippen molar-refractivity contribution in [3.63, 3.8) is 0 Å². The highest BCUT2D eigenvalue weighted by atomic mass is 32.1. The van der Waals surface area contributed by atoms with Gasteiger partial charge in [-0.25, -0.2) is 0 Å². The molecule has 1 atom stereocenters. The second-order valence-electron chi connectivity index (χ2n) is 3.90. The monoisotopic (exact) mass is 252 g/mol. The van der Waals surface area contributed by atoms with E-state index in [1.165, 1.54) is 11.3 Å². The Hall–Kier alpha value is -1.10. The zero-order valence-electron chi connectivity index (χ0n) is 9.50. The van der Waals surface area contributed by atoms with E-state index in [-0.39, 0.29) is 6.61 Å². The van der Waals surface area contributed by atoms with Crippen molar-refractivity contribution in [2.24, 2.45) is 0 Å². The third-order valence-corrected chi connectivity index (χ3v) is 3.52. The number of aliphatic hydroxyl groups is 2. The van der Waals surface area contributed by atoms with Crippen LogP contribution in [0.15, 0.2) is 34.1 Å². The van der Waals surface area contributed by atoms with Crippen LogP contribution in [0.4, 0.5) is 0 Å². The van der Waals surface area contributed by atoms with Gasteiger partial charge < -0.3 is 14.6 Å². The van der Waals surface area contributed by atoms with Crippen LogP contribution in [-0.4, -0.2) is 16.8 Å². The van der Waals surface area contributed by atoms with E-state index in [1.807, 2.05) is 29.6 Å². The normalized spacial score (nSPS) is 12.8. The Morgan fingerprint density at radius 1 is 1.24 bits per heavy atom. The molecular formula is C13H16O3S. The van der Waals surface area contributed by atoms with Gasteiger partial charge in [0, 0.05) is 17.9 Å². The summed E-state index contributed by atoms with van der Waals surface area (Å²) >= 11 is 1.51. The fraction of sp³-hybridized carbons (Fsp3) is 0.385. The second-order valence-corrected chi connectivity index (χ2v) is 4.88. The van der Waals surface area contributed by atoms with E-state index >= 15 is 0 Å². The van der Waals surface area contributed by atoms with Crippen LogP contribution in [0.1, 0.15) is 35.3 Å². The summed E-state index contributed by atoms with van der Waals surface area (Å²) < 4.78 is 5.59. The minimum Gasteiger partial charge on any atom is -0.463 e. The fourth-order valence-corrected chi connectivity index (χ4v) is 2.39. The molecule has 0 radical (unpaired) electrons. The zero-order valence-corrected chi connectivity index (χ0v) is 10.3. The number of hydrogen-bond acceptors (Lipinski definition) is 4. The molecule has 2 N–H and O–H groups in total. The molecule has 0 bridgehead atoms. The van der Waals surface area contributed by atoms with Crippen LogP contribution in [0.2, 0.25) is 0 Å². The van der Waals surface area contributed by atoms with Crippen molar-refractivity contribution in [2.45, 2.75) is 25.4 Å². The predicted molar refractivity (Wildman–Crippen MR) is 67.1 cm³/mol. The average molecular weight is 252 g/mol. The summed E-state index contributed by atoms with van der Waals surface area (Å²) in [6.07, 6.45) is 1.82. The molecule has 0 saturated carbocycles. The van der Waals surface area contributed by atoms with Gasteiger partial charge in [0.25, 0.3) is 0 Å². The summed E-state index contributed by atoms with van der Waals surface area (Å²) in [5.74, 6) is 1.45. The molecule has 0 aliphatic carbocycles. The number of unbranched alkanes of at least 4 members (excludes halogenated alkanes) is 1. The highest BCUT2D eigenvalue weighted by Crippen LogP contribution is 2.27. The van der Waals surface area contributed by atoms with Crippen molar-refractivity contribution in [1.29, 1.82) is 0 Å². The number of thiophene rings is 1. The van der Waals surface area contributed by atoms with E-state index in [0.29, 0.717) is 5.76 Å². The first-order chi connectivity index (χ1) is 8.31. The SMILES string of the molecule is OCCCCc1ccc(C(O)c2cccs2)o1. The Morgan fingerprint density at radius 2 is 2.12 bits per heavy atom. The van der Waals surface area contributed by atoms with Gasteiger partial charge in [0.2, 0.25) is 0 Å². The molecule has 0 aromatic carbocycles. The Morgan fingerprint density at radius 3 is 2.82 bits per heavy atom. The van der Waals surface area contributed by atoms with Gasteiger partial charge >= 0.3 is 0 Å². The maximum Gasteiger partial charge on any atom is 0.146 e. The van der Waals surface area contributed by atoms with Crippen LogP contribution >= 0.6 is 11.3 Å². The van der Waals surface area contributed by atoms with Crippen LogP contribution in [0.5, 0.6) is 0 Å². The first kappa shape index (κ1) is 12.4. The molecule has 2 rings (SSSR count). The highest BCUT2D eigenvalue weighted by molar-refractivity contribution is 7.10. The van der Waals surface area contributed by atoms with Crippen molar-refractivity contribution in [1.82, 2.24) is 0 Å². The molecule has 0 fully saturated rings. The Kier molecular flexibility index (Phi) is 4.36. The lowest BCUT2D eigenvalue weighted by atomic mass is 10.2. The summed E-state index contributed by atoms with van der Waals surface area (Å²) in [5, 5.41) is 20.7. The molecule has 0 aliphatic rings. The van der Waals surface area contributed by atoms with Crippen molar-refractivity contribution in [2.75, 3.05) is 6.61 Å². The van der Waals surface area contributed by atoms with Gasteiger partial charge in [0.15, 0.2) is 0 Å². The zero-order chi connectivity index (χ0) is 12.1. The molecule has 0 spiro atoms. The Labute approximate surface area is 104 Å². The summed E-state index contributed by atoms with van der Waals surface area (Å²) in [4.78, 5) is 0.890. The maximum atomic E-state index is 10.0. The van der Waals surface area contributed by atoms with Gasteiger partial charge in [-0.2, -0.15) is 0 Å². The number of aryl methyl sites for hydroxylation is 1. The van der Waals surface area contributed by atoms with Crippen LogP contribution in [0, 0.1) is 0 Å². The smallest absolute Gasteiger partial charge is 0.146 e. The van der Waals surface area contributed by atoms with E-state index < -0.39 is 6.10 Å². The molecule has 0 amide bonds. The fourth-order valence-electron chi connectivity index (χ4n) is 1.67. The van der Waals surface area contributed by atoms with Gasteiger partial charge in [-0.1, -0.05) is 6.07 Å². The largest absolute Gasteiger partial charge is 0.463 e. The topological polar surface area (TPSA) is 53.6 Å². The van der Waals surface area contributed by atoms with Gasteiger partial charge in [-0.3, -0.25) is 0 Å². The maximum absolute atomic E-state index is 10.0. The molecular weight excluding hydrogens is 236 g/mol. The second kappa shape index (κ2) is 6.00. The standard InChI is InChI=1S/C13H16O3S/c14-8-2-1-4-10-6-7-11(16-10)13(15)12-5-3-9-17-12/h3,5-7,9,13-15H,1-2,4,8H2. The van der Waals surface area contributed by atoms with E-state index in [4.69, 9.17) is 9.52 Å². The third-order valence-electron chi connectivity index (χ3n) is 2.60. The van der Waals surface area contributed by atoms with E-state index in [1.54, 1.807) is 0 Å². The van der Waals surface area contributed by atoms with Crippen molar-refractivity contribution >= 4 is 11.3 Å². The molecule has 0 aliphatic heterocycles. The van der Waals surface area contributed by atoms with Gasteiger partial charge in [-0.15, -0.1) is 11.3 Å². The third kappa shape index (κ3) is 3.19. The van der Waals surface area contributed by atoms with Gasteiger partial charge in [0.1, 0.15) is 17.6 Å². The van der Waals surface area contributed by atoms with Crippen LogP contribution in [0.3, 0.4) is 0 Å². The van der Waals surface area contributed by atoms with Gasteiger partial charge in [0.05, 0.1) is 0 Å². The minimum absolute atomic E-state index is 0.214. The Balaban J connectivity index is 1.98. The first-order valence-electron chi connectivity index (χ1n) is 5.72. The lowest BCUT2D eigenvalue weighted by Gasteiger charge is -2.04. The Bertz CT molecular complexity index is 433. The summed E-state index contributed by atoms with van der Waals surface area (Å²) in [6.45, 7) is 0.214. The number of hydrogen-bond donors (Lipinski definition) is 2. The summed E-state index contributed by atoms with van der Waals surface area (Å²) in [6, 6.07) is 7.51. The number of rotatable bonds is 6. The molecule has 17 heavy (non-hydrogen) atoms. The molecule has 3 nitrogen and oxygen atoms in total. The quantitative estimate of drug-likeness (QED) is 0.777. The molecule has 2 aromatic heterocycles. The molecule has 1 unspecified atom stereocenters. The van der Waals surface area contributed by atoms with Crippen LogP contribution < -0.4 is 0 Å². The van der Waals surface area contributed by atoms with Crippen molar-refractivity contribution in [3.8, 4) is 0 Å². The highest BCUT2D eigenvalue weighted by Gasteiger charge is 2.15. The number of furan rings is 1. The summed E-state index contributed by atoms with van der Waals surface area (Å²) in [7, 11) is 0. The van der Waals surface area contributed by atoms with E-state index in [0.717, 1.165) is 29.9 Å². The molecule has 2 aromatic rings. The molecule has 92 valence electrons. The first-order valence-corrected chi connectivity index (χ1v) is 6.60. The van der Waals surface area contributed by atoms with E-state index in [2.05, 4.69) is 0 Å². The minimum atomic E-state index is -0.665. The summed E-state index contributed by atoms with van der Waals surface area (Å²) in [5.41, 5.74) is 0. The average Bonchev–Trinajstić information content (AvgIpc) is 3.00. The molecule has 4 heteroatoms. The van der Waals surface area contributed by atoms with E-state index in [9.17, 15) is 5.11 Å². The lowest BCUT2D eigenvalue weighted by Crippen LogP contribution is -1.94. The van der Waals surface area contributed by atoms with Crippen molar-refractivity contribution in [3.05, 3.63) is 46.0 Å². The van der Waals surface area contributed by atoms with Crippen molar-refractivity contribution < 1.29 is 14.6 Å². The lowest BCUT2D eigenvalue weighted by molar-refractivity contribution is 0.190.